The van der Waals surface area contributed by atoms with Crippen molar-refractivity contribution < 1.29 is 34.1 Å². The normalized spacial score (nSPS) is 14.0. The number of ether oxygens (including phenoxy) is 1. The molecule has 0 aromatic carbocycles. The van der Waals surface area contributed by atoms with Crippen LogP contribution in [-0.4, -0.2) is 90.2 Å². The van der Waals surface area contributed by atoms with E-state index >= 15 is 0 Å². The van der Waals surface area contributed by atoms with Crippen molar-refractivity contribution in [2.75, 3.05) is 13.0 Å². The third-order valence-electron chi connectivity index (χ3n) is 2.30. The average Bonchev–Trinajstić information content (AvgIpc) is 2.37. The van der Waals surface area contributed by atoms with E-state index in [0.717, 1.165) is 12.3 Å². The van der Waals surface area contributed by atoms with Crippen molar-refractivity contribution in [2.45, 2.75) is 12.2 Å². The number of nitrogens with one attached hydrogen (secondary N) is 1. The van der Waals surface area contributed by atoms with Gasteiger partial charge in [0.15, 0.2) is 6.10 Å². The molecule has 0 fully saturated rings. The van der Waals surface area contributed by atoms with Gasteiger partial charge in [-0.25, -0.2) is 9.36 Å². The number of aromatic amines is 1. The molecule has 13 heteroatoms. The molecule has 2 atom stereocenters. The zero-order chi connectivity index (χ0) is 16.2. The number of carbonyl (C=O) groups excluding carboxylic acids is 1. The van der Waals surface area contributed by atoms with Crippen molar-refractivity contribution in [2.24, 2.45) is 0 Å². The minimum atomic E-state index is -4.56. The van der Waals surface area contributed by atoms with E-state index in [1.807, 2.05) is 0 Å². The summed E-state index contributed by atoms with van der Waals surface area (Å²) in [6.07, 6.45) is -4.03. The number of carbonyl (C=O) groups is 1. The molecule has 0 aliphatic rings. The van der Waals surface area contributed by atoms with Gasteiger partial charge in [0.05, 0.1) is 6.61 Å². The number of rotatable bonds is 6. The SMILES string of the molecule is O=C([C@H](O)[C@H](CO)OCP(=O)(O)O)n1ccc(=O)[nH]c1=O.[NaH]. The predicted octanol–water partition coefficient (Wildman–Crippen LogP) is -3.60. The molecule has 1 aromatic rings. The molecule has 0 radical (unpaired) electrons. The van der Waals surface area contributed by atoms with Crippen LogP contribution in [0.4, 0.5) is 0 Å². The first-order chi connectivity index (χ1) is 9.65. The van der Waals surface area contributed by atoms with Crippen LogP contribution in [0.3, 0.4) is 0 Å². The third kappa shape index (κ3) is 6.24. The Morgan fingerprint density at radius 3 is 2.45 bits per heavy atom. The fourth-order valence-corrected chi connectivity index (χ4v) is 1.71. The zero-order valence-corrected chi connectivity index (χ0v) is 11.3. The van der Waals surface area contributed by atoms with Gasteiger partial charge in [-0.15, -0.1) is 0 Å². The number of H-pyrrole nitrogens is 1. The second-order valence-corrected chi connectivity index (χ2v) is 5.53. The maximum atomic E-state index is 11.8. The number of nitrogens with zero attached hydrogens (tertiary/aromatic N) is 1. The Kier molecular flexibility index (Phi) is 8.62. The second kappa shape index (κ2) is 8.87. The summed E-state index contributed by atoms with van der Waals surface area (Å²) in [6, 6.07) is 0.858. The fraction of sp³-hybridized carbons (Fsp3) is 0.444. The van der Waals surface area contributed by atoms with E-state index in [4.69, 9.17) is 14.9 Å². The number of hydrogen-bond donors (Lipinski definition) is 5. The van der Waals surface area contributed by atoms with Gasteiger partial charge in [0.1, 0.15) is 12.5 Å². The summed E-state index contributed by atoms with van der Waals surface area (Å²) in [5, 5.41) is 18.6. The Balaban J connectivity index is 0.00000441. The molecular formula is C9H14N2NaO9P. The molecule has 22 heavy (non-hydrogen) atoms. The van der Waals surface area contributed by atoms with Crippen LogP contribution in [0, 0.1) is 0 Å². The van der Waals surface area contributed by atoms with E-state index in [0.29, 0.717) is 4.57 Å². The maximum absolute atomic E-state index is 11.8. The molecular weight excluding hydrogens is 334 g/mol. The van der Waals surface area contributed by atoms with Crippen LogP contribution in [0.2, 0.25) is 0 Å². The summed E-state index contributed by atoms with van der Waals surface area (Å²) >= 11 is 0. The third-order valence-corrected chi connectivity index (χ3v) is 2.79. The summed E-state index contributed by atoms with van der Waals surface area (Å²) in [7, 11) is -4.56. The fourth-order valence-electron chi connectivity index (χ4n) is 1.33. The van der Waals surface area contributed by atoms with Gasteiger partial charge in [-0.05, 0) is 0 Å². The average molecular weight is 348 g/mol. The van der Waals surface area contributed by atoms with Crippen LogP contribution in [0.25, 0.3) is 0 Å². The van der Waals surface area contributed by atoms with Crippen LogP contribution in [0.1, 0.15) is 4.79 Å². The number of aliphatic hydroxyl groups excluding tert-OH is 2. The first kappa shape index (κ1) is 21.4. The molecule has 1 rings (SSSR count). The van der Waals surface area contributed by atoms with Crippen LogP contribution in [-0.2, 0) is 9.30 Å². The minimum absolute atomic E-state index is 0. The van der Waals surface area contributed by atoms with Crippen molar-refractivity contribution in [3.05, 3.63) is 33.1 Å². The molecule has 0 saturated carbocycles. The van der Waals surface area contributed by atoms with Gasteiger partial charge in [0.2, 0.25) is 0 Å². The summed E-state index contributed by atoms with van der Waals surface area (Å²) in [5.74, 6) is -1.24. The van der Waals surface area contributed by atoms with E-state index < -0.39 is 49.9 Å². The predicted molar refractivity (Wildman–Crippen MR) is 74.0 cm³/mol. The van der Waals surface area contributed by atoms with Gasteiger partial charge in [-0.2, -0.15) is 0 Å². The van der Waals surface area contributed by atoms with Crippen molar-refractivity contribution in [1.82, 2.24) is 9.55 Å². The molecule has 5 N–H and O–H groups in total. The van der Waals surface area contributed by atoms with E-state index in [2.05, 4.69) is 4.74 Å². The second-order valence-electron chi connectivity index (χ2n) is 3.94. The Morgan fingerprint density at radius 1 is 1.41 bits per heavy atom. The molecule has 11 nitrogen and oxygen atoms in total. The first-order valence-electron chi connectivity index (χ1n) is 5.47. The Bertz CT molecular complexity index is 666. The molecule has 0 amide bonds. The van der Waals surface area contributed by atoms with Crippen molar-refractivity contribution >= 4 is 43.1 Å². The molecule has 0 spiro atoms. The van der Waals surface area contributed by atoms with E-state index in [-0.39, 0.29) is 29.6 Å². The summed E-state index contributed by atoms with van der Waals surface area (Å²) in [5.41, 5.74) is -1.87. The van der Waals surface area contributed by atoms with E-state index in [1.165, 1.54) is 0 Å². The summed E-state index contributed by atoms with van der Waals surface area (Å²) in [6.45, 7) is -0.926. The molecule has 0 bridgehead atoms. The quantitative estimate of drug-likeness (QED) is 0.256. The van der Waals surface area contributed by atoms with Gasteiger partial charge in [-0.1, -0.05) is 0 Å². The van der Waals surface area contributed by atoms with Crippen LogP contribution < -0.4 is 11.2 Å². The number of aliphatic hydroxyl groups is 2. The van der Waals surface area contributed by atoms with Crippen molar-refractivity contribution in [1.29, 1.82) is 0 Å². The molecule has 120 valence electrons. The van der Waals surface area contributed by atoms with Gasteiger partial charge in [0, 0.05) is 12.3 Å². The monoisotopic (exact) mass is 348 g/mol. The molecule has 1 aromatic heterocycles. The summed E-state index contributed by atoms with van der Waals surface area (Å²) < 4.78 is 15.6. The standard InChI is InChI=1S/C9H13N2O9P.Na.H/c12-3-5(20-4-21(17,18)19)7(14)8(15)11-2-1-6(13)10-9(11)16;;/h1-2,5,7,12,14H,3-4H2,(H,10,13,16)(H2,17,18,19);;/t5-,7+;;/m0../s1. The van der Waals surface area contributed by atoms with E-state index in [9.17, 15) is 24.1 Å². The Morgan fingerprint density at radius 2 is 2.00 bits per heavy atom. The van der Waals surface area contributed by atoms with E-state index in [1.54, 1.807) is 4.98 Å². The van der Waals surface area contributed by atoms with Gasteiger partial charge >= 0.3 is 42.8 Å². The first-order valence-corrected chi connectivity index (χ1v) is 7.27. The van der Waals surface area contributed by atoms with Crippen molar-refractivity contribution in [3.63, 3.8) is 0 Å². The number of hydrogen-bond acceptors (Lipinski definition) is 7. The molecule has 0 aliphatic heterocycles. The van der Waals surface area contributed by atoms with Crippen molar-refractivity contribution in [3.8, 4) is 0 Å². The van der Waals surface area contributed by atoms with Gasteiger partial charge < -0.3 is 24.7 Å². The van der Waals surface area contributed by atoms with Crippen LogP contribution >= 0.6 is 7.60 Å². The summed E-state index contributed by atoms with van der Waals surface area (Å²) in [4.78, 5) is 53.0. The number of aromatic nitrogens is 2. The molecule has 0 unspecified atom stereocenters. The van der Waals surface area contributed by atoms with Crippen LogP contribution in [0.15, 0.2) is 21.9 Å². The van der Waals surface area contributed by atoms with Gasteiger partial charge in [-0.3, -0.25) is 19.1 Å². The molecule has 0 saturated heterocycles. The molecule has 1 heterocycles. The molecule has 0 aliphatic carbocycles. The van der Waals surface area contributed by atoms with Crippen LogP contribution in [0.5, 0.6) is 0 Å². The Labute approximate surface area is 145 Å². The zero-order valence-electron chi connectivity index (χ0n) is 10.4. The van der Waals surface area contributed by atoms with Gasteiger partial charge in [0.25, 0.3) is 11.5 Å². The Hall–Kier alpha value is -0.620. The topological polar surface area (TPSA) is 179 Å².